The largest absolute Gasteiger partial charge is 0.508 e. The lowest BCUT2D eigenvalue weighted by molar-refractivity contribution is -0.0568. The van der Waals surface area contributed by atoms with E-state index in [2.05, 4.69) is 12.1 Å². The number of benzene rings is 3. The third-order valence-electron chi connectivity index (χ3n) is 10.2. The molecule has 0 amide bonds. The monoisotopic (exact) mass is 440 g/mol. The lowest BCUT2D eigenvalue weighted by Crippen LogP contribution is -2.57. The van der Waals surface area contributed by atoms with Gasteiger partial charge in [0.15, 0.2) is 11.5 Å². The molecular weight excluding hydrogens is 412 g/mol. The van der Waals surface area contributed by atoms with Gasteiger partial charge in [-0.3, -0.25) is 0 Å². The van der Waals surface area contributed by atoms with Gasteiger partial charge in [0.2, 0.25) is 0 Å². The van der Waals surface area contributed by atoms with Crippen LogP contribution in [-0.4, -0.2) is 26.0 Å². The van der Waals surface area contributed by atoms with E-state index in [1.807, 2.05) is 12.1 Å². The van der Waals surface area contributed by atoms with E-state index in [0.29, 0.717) is 18.8 Å². The average molecular weight is 441 g/mol. The molecule has 0 saturated heterocycles. The Balaban J connectivity index is 1.36. The van der Waals surface area contributed by atoms with E-state index in [4.69, 9.17) is 0 Å². The minimum Gasteiger partial charge on any atom is -0.508 e. The second-order valence-corrected chi connectivity index (χ2v) is 11.8. The van der Waals surface area contributed by atoms with Crippen molar-refractivity contribution >= 4 is 10.8 Å². The van der Waals surface area contributed by atoms with Crippen molar-refractivity contribution in [3.05, 3.63) is 64.7 Å². The molecule has 0 heterocycles. The molecule has 5 aliphatic carbocycles. The van der Waals surface area contributed by atoms with Crippen molar-refractivity contribution in [2.24, 2.45) is 23.2 Å². The van der Waals surface area contributed by atoms with Gasteiger partial charge in [-0.1, -0.05) is 37.1 Å². The maximum Gasteiger partial charge on any atom is 0.161 e. The van der Waals surface area contributed by atoms with Crippen LogP contribution in [0.25, 0.3) is 10.8 Å². The molecule has 8 rings (SSSR count). The fourth-order valence-electron chi connectivity index (χ4n) is 8.90. The molecule has 4 nitrogen and oxygen atoms in total. The van der Waals surface area contributed by atoms with E-state index in [-0.39, 0.29) is 28.6 Å². The summed E-state index contributed by atoms with van der Waals surface area (Å²) in [7, 11) is 0. The molecule has 0 radical (unpaired) electrons. The van der Waals surface area contributed by atoms with E-state index in [9.17, 15) is 20.4 Å². The van der Waals surface area contributed by atoms with Crippen LogP contribution in [-0.2, 0) is 24.7 Å². The van der Waals surface area contributed by atoms with Gasteiger partial charge in [0.25, 0.3) is 0 Å². The lowest BCUT2D eigenvalue weighted by Gasteiger charge is -2.52. The van der Waals surface area contributed by atoms with E-state index in [1.165, 1.54) is 24.8 Å². The van der Waals surface area contributed by atoms with Gasteiger partial charge in [0.05, 0.1) is 5.60 Å². The van der Waals surface area contributed by atoms with E-state index >= 15 is 0 Å². The zero-order valence-electron chi connectivity index (χ0n) is 18.5. The Kier molecular flexibility index (Phi) is 3.11. The van der Waals surface area contributed by atoms with Gasteiger partial charge in [-0.25, -0.2) is 0 Å². The summed E-state index contributed by atoms with van der Waals surface area (Å²) in [6.45, 7) is 0. The zero-order chi connectivity index (χ0) is 22.3. The predicted molar refractivity (Wildman–Crippen MR) is 124 cm³/mol. The number of hydrogen-bond donors (Lipinski definition) is 4. The van der Waals surface area contributed by atoms with E-state index < -0.39 is 11.0 Å². The SMILES string of the molecule is Oc1ccc2cc3c(cc2c1)CC1(O)C2C(CC4CC4)C24Cc2ccc(O)c(O)c2[C@@]1(C3)C4. The second kappa shape index (κ2) is 5.50. The van der Waals surface area contributed by atoms with Crippen LogP contribution in [0.1, 0.15) is 47.9 Å². The van der Waals surface area contributed by atoms with Gasteiger partial charge in [-0.2, -0.15) is 0 Å². The molecular formula is C29H28O4. The highest BCUT2D eigenvalue weighted by Gasteiger charge is 2.85. The molecule has 4 N–H and O–H groups in total. The quantitative estimate of drug-likeness (QED) is 0.435. The molecule has 5 atom stereocenters. The van der Waals surface area contributed by atoms with Gasteiger partial charge in [0, 0.05) is 17.4 Å². The van der Waals surface area contributed by atoms with Crippen LogP contribution in [0.4, 0.5) is 0 Å². The first-order valence-corrected chi connectivity index (χ1v) is 12.4. The first kappa shape index (κ1) is 18.7. The Morgan fingerprint density at radius 1 is 0.818 bits per heavy atom. The molecule has 3 saturated carbocycles. The van der Waals surface area contributed by atoms with Gasteiger partial charge >= 0.3 is 0 Å². The van der Waals surface area contributed by atoms with Crippen LogP contribution in [0.15, 0.2) is 42.5 Å². The summed E-state index contributed by atoms with van der Waals surface area (Å²) in [6.07, 6.45) is 6.91. The second-order valence-electron chi connectivity index (χ2n) is 11.8. The molecule has 33 heavy (non-hydrogen) atoms. The van der Waals surface area contributed by atoms with Crippen molar-refractivity contribution < 1.29 is 20.4 Å². The molecule has 168 valence electrons. The Bertz CT molecular complexity index is 1390. The summed E-state index contributed by atoms with van der Waals surface area (Å²) >= 11 is 0. The minimum absolute atomic E-state index is 0.0324. The van der Waals surface area contributed by atoms with E-state index in [1.54, 1.807) is 18.2 Å². The van der Waals surface area contributed by atoms with Crippen LogP contribution in [0.5, 0.6) is 17.2 Å². The summed E-state index contributed by atoms with van der Waals surface area (Å²) in [6, 6.07) is 13.4. The zero-order valence-corrected chi connectivity index (χ0v) is 18.5. The van der Waals surface area contributed by atoms with Crippen LogP contribution >= 0.6 is 0 Å². The first-order valence-electron chi connectivity index (χ1n) is 12.4. The summed E-state index contributed by atoms with van der Waals surface area (Å²) in [5, 5.41) is 46.3. The summed E-state index contributed by atoms with van der Waals surface area (Å²) in [5.41, 5.74) is 2.90. The van der Waals surface area contributed by atoms with E-state index in [0.717, 1.165) is 46.2 Å². The van der Waals surface area contributed by atoms with Gasteiger partial charge in [0.1, 0.15) is 5.75 Å². The standard InChI is InChI=1S/C29H28O4/c30-21-5-3-16-8-19-12-28-14-27(11-17-4-6-23(31)25(32)24(17)28)22(7-15-1-2-15)26(27)29(28,33)13-20(19)9-18(16)10-21/h3-6,8-10,15,22,26,30-33H,1-2,7,11-14H2/t22?,26?,27?,28-,29?/m1/s1. The van der Waals surface area contributed by atoms with Crippen LogP contribution < -0.4 is 0 Å². The normalized spacial score (nSPS) is 37.2. The third kappa shape index (κ3) is 2.08. The number of aliphatic hydroxyl groups is 1. The Morgan fingerprint density at radius 2 is 1.61 bits per heavy atom. The van der Waals surface area contributed by atoms with Crippen LogP contribution in [0.2, 0.25) is 0 Å². The number of hydrogen-bond acceptors (Lipinski definition) is 4. The first-order chi connectivity index (χ1) is 15.8. The fourth-order valence-corrected chi connectivity index (χ4v) is 8.90. The topological polar surface area (TPSA) is 80.9 Å². The minimum atomic E-state index is -0.930. The molecule has 4 heteroatoms. The smallest absolute Gasteiger partial charge is 0.161 e. The average Bonchev–Trinajstić information content (AvgIpc) is 3.68. The maximum atomic E-state index is 12.7. The summed E-state index contributed by atoms with van der Waals surface area (Å²) in [4.78, 5) is 0. The molecule has 2 spiro atoms. The number of phenolic OH excluding ortho intramolecular Hbond substituents is 3. The number of aromatic hydroxyl groups is 3. The Labute approximate surface area is 192 Å². The molecule has 3 aromatic rings. The van der Waals surface area contributed by atoms with Crippen molar-refractivity contribution in [2.45, 2.75) is 56.0 Å². The van der Waals surface area contributed by atoms with Crippen molar-refractivity contribution in [1.29, 1.82) is 0 Å². The summed E-state index contributed by atoms with van der Waals surface area (Å²) in [5.74, 6) is 1.76. The highest BCUT2D eigenvalue weighted by molar-refractivity contribution is 5.86. The fraction of sp³-hybridized carbons (Fsp3) is 0.448. The highest BCUT2D eigenvalue weighted by Crippen LogP contribution is 2.84. The van der Waals surface area contributed by atoms with Crippen molar-refractivity contribution in [1.82, 2.24) is 0 Å². The number of phenols is 3. The van der Waals surface area contributed by atoms with Crippen LogP contribution in [0, 0.1) is 23.2 Å². The Hall–Kier alpha value is -2.72. The van der Waals surface area contributed by atoms with Crippen molar-refractivity contribution in [3.8, 4) is 17.2 Å². The lowest BCUT2D eigenvalue weighted by atomic mass is 9.54. The summed E-state index contributed by atoms with van der Waals surface area (Å²) < 4.78 is 0. The third-order valence-corrected chi connectivity index (χ3v) is 10.2. The number of fused-ring (bicyclic) bond motifs is 4. The molecule has 3 aromatic carbocycles. The molecule has 0 aromatic heterocycles. The Morgan fingerprint density at radius 3 is 2.42 bits per heavy atom. The van der Waals surface area contributed by atoms with Gasteiger partial charge < -0.3 is 20.4 Å². The van der Waals surface area contributed by atoms with Crippen molar-refractivity contribution in [3.63, 3.8) is 0 Å². The molecule has 5 aliphatic rings. The highest BCUT2D eigenvalue weighted by atomic mass is 16.3. The van der Waals surface area contributed by atoms with Gasteiger partial charge in [-0.15, -0.1) is 0 Å². The molecule has 0 aliphatic heterocycles. The molecule has 2 bridgehead atoms. The van der Waals surface area contributed by atoms with Crippen molar-refractivity contribution in [2.75, 3.05) is 0 Å². The number of rotatable bonds is 2. The molecule has 4 unspecified atom stereocenters. The predicted octanol–water partition coefficient (Wildman–Crippen LogP) is 4.72. The maximum absolute atomic E-state index is 12.7. The van der Waals surface area contributed by atoms with Crippen LogP contribution in [0.3, 0.4) is 0 Å². The molecule has 3 fully saturated rings. The van der Waals surface area contributed by atoms with Gasteiger partial charge in [-0.05, 0) is 94.5 Å².